The van der Waals surface area contributed by atoms with Crippen LogP contribution in [-0.2, 0) is 19.1 Å². The van der Waals surface area contributed by atoms with Crippen LogP contribution >= 0.6 is 0 Å². The summed E-state index contributed by atoms with van der Waals surface area (Å²) in [7, 11) is 0. The second kappa shape index (κ2) is 22.7. The van der Waals surface area contributed by atoms with E-state index < -0.39 is 0 Å². The first kappa shape index (κ1) is 31.9. The fraction of sp³-hybridized carbons (Fsp3) is 0.931. The van der Waals surface area contributed by atoms with Crippen LogP contribution in [0.15, 0.2) is 0 Å². The molecule has 0 aromatic rings. The molecule has 0 aromatic carbocycles. The molecule has 0 unspecified atom stereocenters. The maximum absolute atomic E-state index is 12.2. The van der Waals surface area contributed by atoms with Gasteiger partial charge in [0.05, 0.1) is 0 Å². The number of carbonyl (C=O) groups is 2. The lowest BCUT2D eigenvalue weighted by Crippen LogP contribution is -2.33. The average molecular weight is 469 g/mol. The predicted molar refractivity (Wildman–Crippen MR) is 139 cm³/mol. The monoisotopic (exact) mass is 468 g/mol. The summed E-state index contributed by atoms with van der Waals surface area (Å²) in [5.74, 6) is -0.227. The summed E-state index contributed by atoms with van der Waals surface area (Å²) in [5, 5.41) is 0. The smallest absolute Gasteiger partial charge is 0.305 e. The highest BCUT2D eigenvalue weighted by molar-refractivity contribution is 5.69. The van der Waals surface area contributed by atoms with E-state index in [0.717, 1.165) is 38.5 Å². The summed E-state index contributed by atoms with van der Waals surface area (Å²) in [6.45, 7) is 9.34. The van der Waals surface area contributed by atoms with Gasteiger partial charge >= 0.3 is 11.9 Å². The third-order valence-electron chi connectivity index (χ3n) is 7.05. The molecule has 0 fully saturated rings. The summed E-state index contributed by atoms with van der Waals surface area (Å²) in [6, 6.07) is 0. The Kier molecular flexibility index (Phi) is 22.0. The number of rotatable bonds is 24. The molecule has 33 heavy (non-hydrogen) atoms. The Hall–Kier alpha value is -1.06. The Morgan fingerprint density at radius 2 is 0.788 bits per heavy atom. The van der Waals surface area contributed by atoms with Crippen molar-refractivity contribution >= 4 is 11.9 Å². The van der Waals surface area contributed by atoms with E-state index in [4.69, 9.17) is 9.47 Å². The van der Waals surface area contributed by atoms with E-state index >= 15 is 0 Å². The molecule has 0 amide bonds. The number of unbranched alkanes of at least 4 members (excludes halogenated alkanes) is 14. The number of esters is 2. The Bertz CT molecular complexity index is 419. The van der Waals surface area contributed by atoms with Crippen LogP contribution in [0.3, 0.4) is 0 Å². The van der Waals surface area contributed by atoms with Gasteiger partial charge in [0, 0.05) is 18.3 Å². The molecule has 0 rings (SSSR count). The van der Waals surface area contributed by atoms with E-state index in [9.17, 15) is 9.59 Å². The second-order valence-corrected chi connectivity index (χ2v) is 9.98. The summed E-state index contributed by atoms with van der Waals surface area (Å²) in [4.78, 5) is 24.4. The molecule has 0 radical (unpaired) electrons. The third kappa shape index (κ3) is 19.0. The quantitative estimate of drug-likeness (QED) is 0.105. The first-order chi connectivity index (χ1) is 16.0. The van der Waals surface area contributed by atoms with E-state index in [2.05, 4.69) is 27.7 Å². The molecule has 0 aliphatic rings. The number of carbonyl (C=O) groups excluding carboxylic acids is 2. The molecule has 196 valence electrons. The molecule has 0 saturated heterocycles. The number of ether oxygens (including phenoxy) is 2. The van der Waals surface area contributed by atoms with Crippen LogP contribution < -0.4 is 0 Å². The van der Waals surface area contributed by atoms with Crippen molar-refractivity contribution in [3.05, 3.63) is 0 Å². The van der Waals surface area contributed by atoms with Gasteiger partial charge in [-0.15, -0.1) is 0 Å². The SMILES string of the molecule is CCCCCCCCCCC(=O)OCC(CC)(CC)COC(=O)CCCCCCCCCC. The predicted octanol–water partition coefficient (Wildman–Crippen LogP) is 8.94. The molecule has 0 bridgehead atoms. The molecular weight excluding hydrogens is 412 g/mol. The average Bonchev–Trinajstić information content (AvgIpc) is 2.83. The molecule has 0 aliphatic heterocycles. The normalized spacial score (nSPS) is 11.5. The van der Waals surface area contributed by atoms with Crippen LogP contribution in [-0.4, -0.2) is 25.2 Å². The first-order valence-corrected chi connectivity index (χ1v) is 14.3. The maximum atomic E-state index is 12.2. The van der Waals surface area contributed by atoms with Crippen molar-refractivity contribution in [3.8, 4) is 0 Å². The fourth-order valence-corrected chi connectivity index (χ4v) is 4.12. The van der Waals surface area contributed by atoms with Gasteiger partial charge in [-0.3, -0.25) is 9.59 Å². The van der Waals surface area contributed by atoms with Crippen molar-refractivity contribution in [3.63, 3.8) is 0 Å². The van der Waals surface area contributed by atoms with E-state index in [-0.39, 0.29) is 17.4 Å². The van der Waals surface area contributed by atoms with Gasteiger partial charge in [-0.25, -0.2) is 0 Å². The number of hydrogen-bond donors (Lipinski definition) is 0. The van der Waals surface area contributed by atoms with Crippen molar-refractivity contribution in [1.29, 1.82) is 0 Å². The maximum Gasteiger partial charge on any atom is 0.305 e. The van der Waals surface area contributed by atoms with E-state index in [0.29, 0.717) is 26.1 Å². The zero-order chi connectivity index (χ0) is 24.6. The molecule has 0 heterocycles. The summed E-state index contributed by atoms with van der Waals surface area (Å²) in [6.07, 6.45) is 22.1. The van der Waals surface area contributed by atoms with Crippen LogP contribution in [0.2, 0.25) is 0 Å². The Labute approximate surface area is 206 Å². The second-order valence-electron chi connectivity index (χ2n) is 9.98. The Balaban J connectivity index is 3.96. The van der Waals surface area contributed by atoms with Gasteiger partial charge in [-0.1, -0.05) is 118 Å². The van der Waals surface area contributed by atoms with Gasteiger partial charge in [-0.05, 0) is 25.7 Å². The van der Waals surface area contributed by atoms with Gasteiger partial charge in [-0.2, -0.15) is 0 Å². The van der Waals surface area contributed by atoms with Crippen LogP contribution in [0.5, 0.6) is 0 Å². The standard InChI is InChI=1S/C29H56O4/c1-5-9-11-13-15-17-19-21-23-27(30)32-25-29(7-3,8-4)26-33-28(31)24-22-20-18-16-14-12-10-6-2/h5-26H2,1-4H3. The van der Waals surface area contributed by atoms with Crippen LogP contribution in [0.1, 0.15) is 156 Å². The lowest BCUT2D eigenvalue weighted by molar-refractivity contribution is -0.154. The molecular formula is C29H56O4. The largest absolute Gasteiger partial charge is 0.465 e. The van der Waals surface area contributed by atoms with Gasteiger partial charge < -0.3 is 9.47 Å². The molecule has 4 nitrogen and oxygen atoms in total. The van der Waals surface area contributed by atoms with Crippen molar-refractivity contribution in [2.45, 2.75) is 156 Å². The fourth-order valence-electron chi connectivity index (χ4n) is 4.12. The minimum Gasteiger partial charge on any atom is -0.465 e. The molecule has 0 atom stereocenters. The number of hydrogen-bond acceptors (Lipinski definition) is 4. The van der Waals surface area contributed by atoms with E-state index in [1.807, 2.05) is 0 Å². The minimum atomic E-state index is -0.260. The zero-order valence-corrected chi connectivity index (χ0v) is 22.7. The third-order valence-corrected chi connectivity index (χ3v) is 7.05. The Morgan fingerprint density at radius 3 is 1.09 bits per heavy atom. The summed E-state index contributed by atoms with van der Waals surface area (Å²) < 4.78 is 11.2. The molecule has 0 spiro atoms. The topological polar surface area (TPSA) is 52.6 Å². The lowest BCUT2D eigenvalue weighted by Gasteiger charge is -2.30. The van der Waals surface area contributed by atoms with Crippen LogP contribution in [0.4, 0.5) is 0 Å². The van der Waals surface area contributed by atoms with Crippen molar-refractivity contribution < 1.29 is 19.1 Å². The van der Waals surface area contributed by atoms with E-state index in [1.54, 1.807) is 0 Å². The summed E-state index contributed by atoms with van der Waals surface area (Å²) in [5.41, 5.74) is -0.260. The highest BCUT2D eigenvalue weighted by atomic mass is 16.5. The van der Waals surface area contributed by atoms with Gasteiger partial charge in [0.15, 0.2) is 0 Å². The first-order valence-electron chi connectivity index (χ1n) is 14.3. The molecule has 4 heteroatoms. The van der Waals surface area contributed by atoms with Gasteiger partial charge in [0.25, 0.3) is 0 Å². The molecule has 0 aliphatic carbocycles. The highest BCUT2D eigenvalue weighted by Gasteiger charge is 2.30. The Morgan fingerprint density at radius 1 is 0.485 bits per heavy atom. The van der Waals surface area contributed by atoms with Crippen molar-refractivity contribution in [1.82, 2.24) is 0 Å². The molecule has 0 saturated carbocycles. The lowest BCUT2D eigenvalue weighted by atomic mass is 9.84. The van der Waals surface area contributed by atoms with Crippen molar-refractivity contribution in [2.75, 3.05) is 13.2 Å². The highest BCUT2D eigenvalue weighted by Crippen LogP contribution is 2.28. The van der Waals surface area contributed by atoms with E-state index in [1.165, 1.54) is 77.0 Å². The molecule has 0 aromatic heterocycles. The molecule has 0 N–H and O–H groups in total. The van der Waals surface area contributed by atoms with Crippen LogP contribution in [0, 0.1) is 5.41 Å². The summed E-state index contributed by atoms with van der Waals surface area (Å²) >= 11 is 0. The van der Waals surface area contributed by atoms with Crippen molar-refractivity contribution in [2.24, 2.45) is 5.41 Å². The zero-order valence-electron chi connectivity index (χ0n) is 22.7. The van der Waals surface area contributed by atoms with Gasteiger partial charge in [0.2, 0.25) is 0 Å². The van der Waals surface area contributed by atoms with Crippen LogP contribution in [0.25, 0.3) is 0 Å². The van der Waals surface area contributed by atoms with Gasteiger partial charge in [0.1, 0.15) is 13.2 Å². The minimum absolute atomic E-state index is 0.113.